The van der Waals surface area contributed by atoms with E-state index in [0.29, 0.717) is 13.1 Å². The number of rotatable bonds is 6. The lowest BCUT2D eigenvalue weighted by molar-refractivity contribution is 0.116. The van der Waals surface area contributed by atoms with Crippen LogP contribution >= 0.6 is 34.8 Å². The Labute approximate surface area is 104 Å². The monoisotopic (exact) mass is 271 g/mol. The van der Waals surface area contributed by atoms with E-state index in [-0.39, 0.29) is 12.5 Å². The molecule has 0 unspecified atom stereocenters. The highest BCUT2D eigenvalue weighted by Crippen LogP contribution is 1.97. The summed E-state index contributed by atoms with van der Waals surface area (Å²) in [4.78, 5) is 12.8. The second-order valence-corrected chi connectivity index (χ2v) is 3.31. The van der Waals surface area contributed by atoms with Crippen LogP contribution in [0.25, 0.3) is 0 Å². The van der Waals surface area contributed by atoms with Gasteiger partial charge in [-0.15, -0.1) is 11.6 Å². The van der Waals surface area contributed by atoms with Crippen molar-refractivity contribution < 1.29 is 9.53 Å². The van der Waals surface area contributed by atoms with Gasteiger partial charge in [0.05, 0.1) is 5.88 Å². The summed E-state index contributed by atoms with van der Waals surface area (Å²) in [5.41, 5.74) is 2.68. The molecule has 0 aromatic heterocycles. The number of ether oxygens (including phenoxy) is 1. The summed E-state index contributed by atoms with van der Waals surface area (Å²) < 4.78 is 4.85. The molecule has 6 heteroatoms. The predicted octanol–water partition coefficient (Wildman–Crippen LogP) is 3.17. The van der Waals surface area contributed by atoms with Crippen LogP contribution in [0.1, 0.15) is 0 Å². The predicted molar refractivity (Wildman–Crippen MR) is 63.6 cm³/mol. The summed E-state index contributed by atoms with van der Waals surface area (Å²) in [6.45, 7) is 0.920. The molecule has 0 aliphatic heterocycles. The lowest BCUT2D eigenvalue weighted by Crippen LogP contribution is -2.32. The first-order valence-corrected chi connectivity index (χ1v) is 5.65. The highest BCUT2D eigenvalue weighted by molar-refractivity contribution is 6.25. The van der Waals surface area contributed by atoms with Crippen LogP contribution in [0.2, 0.25) is 0 Å². The Bertz CT molecular complexity index is 217. The molecule has 0 bridgehead atoms. The van der Waals surface area contributed by atoms with Gasteiger partial charge in [0, 0.05) is 24.2 Å². The molecule has 1 amide bonds. The van der Waals surface area contributed by atoms with Crippen molar-refractivity contribution in [3.63, 3.8) is 0 Å². The van der Waals surface area contributed by atoms with Crippen LogP contribution in [0.5, 0.6) is 0 Å². The van der Waals surface area contributed by atoms with E-state index in [1.807, 2.05) is 0 Å². The molecule has 15 heavy (non-hydrogen) atoms. The smallest absolute Gasteiger partial charge is 0.410 e. The van der Waals surface area contributed by atoms with Gasteiger partial charge >= 0.3 is 6.09 Å². The van der Waals surface area contributed by atoms with Gasteiger partial charge in [-0.3, -0.25) is 0 Å². The van der Waals surface area contributed by atoms with Crippen molar-refractivity contribution in [3.05, 3.63) is 23.2 Å². The Morgan fingerprint density at radius 3 is 2.13 bits per heavy atom. The molecule has 86 valence electrons. The zero-order chi connectivity index (χ0) is 11.5. The molecule has 0 saturated carbocycles. The third-order valence-electron chi connectivity index (χ3n) is 1.39. The number of amides is 1. The van der Waals surface area contributed by atoms with E-state index in [4.69, 9.17) is 39.5 Å². The molecule has 0 heterocycles. The standard InChI is InChI=1S/C9H12Cl3NO2/c10-3-1-6-13(7-2-4-11)9(14)15-8-5-12/h1-4H,5-8H2/b3-1+,4-2+. The zero-order valence-corrected chi connectivity index (χ0v) is 10.3. The van der Waals surface area contributed by atoms with E-state index in [2.05, 4.69) is 0 Å². The molecule has 0 rings (SSSR count). The fourth-order valence-electron chi connectivity index (χ4n) is 0.775. The normalized spacial score (nSPS) is 11.1. The third kappa shape index (κ3) is 7.54. The maximum absolute atomic E-state index is 11.4. The molecular weight excluding hydrogens is 260 g/mol. The van der Waals surface area contributed by atoms with Crippen molar-refractivity contribution in [2.45, 2.75) is 0 Å². The quantitative estimate of drug-likeness (QED) is 0.695. The number of halogens is 3. The molecule has 0 N–H and O–H groups in total. The first-order valence-electron chi connectivity index (χ1n) is 4.24. The van der Waals surface area contributed by atoms with E-state index < -0.39 is 6.09 Å². The average molecular weight is 273 g/mol. The van der Waals surface area contributed by atoms with E-state index in [1.54, 1.807) is 12.2 Å². The molecule has 0 aliphatic rings. The Morgan fingerprint density at radius 2 is 1.73 bits per heavy atom. The van der Waals surface area contributed by atoms with E-state index in [0.717, 1.165) is 0 Å². The van der Waals surface area contributed by atoms with Gasteiger partial charge in [-0.25, -0.2) is 4.79 Å². The van der Waals surface area contributed by atoms with Crippen LogP contribution in [-0.2, 0) is 4.74 Å². The number of carbonyl (C=O) groups excluding carboxylic acids is 1. The third-order valence-corrected chi connectivity index (χ3v) is 1.90. The summed E-state index contributed by atoms with van der Waals surface area (Å²) in [5.74, 6) is 0.274. The maximum atomic E-state index is 11.4. The summed E-state index contributed by atoms with van der Waals surface area (Å²) in [6.07, 6.45) is 2.82. The first kappa shape index (κ1) is 14.6. The topological polar surface area (TPSA) is 29.5 Å². The van der Waals surface area contributed by atoms with Crippen molar-refractivity contribution in [2.24, 2.45) is 0 Å². The van der Waals surface area contributed by atoms with Crippen LogP contribution in [0.15, 0.2) is 23.2 Å². The van der Waals surface area contributed by atoms with Crippen LogP contribution in [0, 0.1) is 0 Å². The van der Waals surface area contributed by atoms with Crippen LogP contribution in [-0.4, -0.2) is 36.6 Å². The van der Waals surface area contributed by atoms with Crippen LogP contribution < -0.4 is 0 Å². The zero-order valence-electron chi connectivity index (χ0n) is 8.04. The molecule has 0 aromatic carbocycles. The first-order chi connectivity index (χ1) is 7.26. The number of carbonyl (C=O) groups is 1. The van der Waals surface area contributed by atoms with Gasteiger partial charge in [0.2, 0.25) is 0 Å². The molecular formula is C9H12Cl3NO2. The lowest BCUT2D eigenvalue weighted by Gasteiger charge is -2.18. The lowest BCUT2D eigenvalue weighted by atomic mass is 10.5. The molecule has 0 radical (unpaired) electrons. The van der Waals surface area contributed by atoms with E-state index >= 15 is 0 Å². The van der Waals surface area contributed by atoms with E-state index in [1.165, 1.54) is 16.0 Å². The number of hydrogen-bond acceptors (Lipinski definition) is 2. The summed E-state index contributed by atoms with van der Waals surface area (Å²) in [7, 11) is 0. The minimum absolute atomic E-state index is 0.187. The average Bonchev–Trinajstić information content (AvgIpc) is 2.26. The molecule has 3 nitrogen and oxygen atoms in total. The molecule has 0 saturated heterocycles. The minimum Gasteiger partial charge on any atom is -0.448 e. The van der Waals surface area contributed by atoms with Gasteiger partial charge < -0.3 is 9.64 Å². The Morgan fingerprint density at radius 1 is 1.20 bits per heavy atom. The fraction of sp³-hybridized carbons (Fsp3) is 0.444. The van der Waals surface area contributed by atoms with Crippen molar-refractivity contribution in [2.75, 3.05) is 25.6 Å². The number of alkyl halides is 1. The van der Waals surface area contributed by atoms with Crippen molar-refractivity contribution >= 4 is 40.9 Å². The van der Waals surface area contributed by atoms with Crippen LogP contribution in [0.3, 0.4) is 0 Å². The Kier molecular flexibility index (Phi) is 9.89. The molecule has 0 aliphatic carbocycles. The van der Waals surface area contributed by atoms with Gasteiger partial charge in [-0.1, -0.05) is 35.4 Å². The number of nitrogens with zero attached hydrogens (tertiary/aromatic N) is 1. The second kappa shape index (κ2) is 10.1. The fourth-order valence-corrected chi connectivity index (χ4v) is 1.01. The Balaban J connectivity index is 4.13. The summed E-state index contributed by atoms with van der Waals surface area (Å²) in [5, 5.41) is 0. The molecule has 0 spiro atoms. The minimum atomic E-state index is -0.444. The largest absolute Gasteiger partial charge is 0.448 e. The SMILES string of the molecule is O=C(OCCCl)N(C/C=C/Cl)C/C=C/Cl. The Hall–Kier alpha value is -0.380. The van der Waals surface area contributed by atoms with Crippen LogP contribution in [0.4, 0.5) is 4.79 Å². The molecule has 0 aromatic rings. The van der Waals surface area contributed by atoms with Crippen molar-refractivity contribution in [3.8, 4) is 0 Å². The van der Waals surface area contributed by atoms with Gasteiger partial charge in [-0.2, -0.15) is 0 Å². The van der Waals surface area contributed by atoms with Gasteiger partial charge in [-0.05, 0) is 0 Å². The molecule has 0 fully saturated rings. The highest BCUT2D eigenvalue weighted by atomic mass is 35.5. The van der Waals surface area contributed by atoms with Crippen molar-refractivity contribution in [1.29, 1.82) is 0 Å². The molecule has 0 atom stereocenters. The van der Waals surface area contributed by atoms with Gasteiger partial charge in [0.1, 0.15) is 6.61 Å². The van der Waals surface area contributed by atoms with Gasteiger partial charge in [0.15, 0.2) is 0 Å². The second-order valence-electron chi connectivity index (χ2n) is 2.43. The number of hydrogen-bond donors (Lipinski definition) is 0. The maximum Gasteiger partial charge on any atom is 0.410 e. The highest BCUT2D eigenvalue weighted by Gasteiger charge is 2.11. The van der Waals surface area contributed by atoms with Gasteiger partial charge in [0.25, 0.3) is 0 Å². The van der Waals surface area contributed by atoms with Crippen molar-refractivity contribution in [1.82, 2.24) is 4.90 Å². The summed E-state index contributed by atoms with van der Waals surface area (Å²) in [6, 6.07) is 0. The summed E-state index contributed by atoms with van der Waals surface area (Å²) >= 11 is 16.1. The van der Waals surface area contributed by atoms with E-state index in [9.17, 15) is 4.79 Å².